The van der Waals surface area contributed by atoms with Gasteiger partial charge in [-0.3, -0.25) is 14.2 Å². The van der Waals surface area contributed by atoms with Crippen molar-refractivity contribution in [3.05, 3.63) is 22.5 Å². The molecule has 1 aliphatic rings. The summed E-state index contributed by atoms with van der Waals surface area (Å²) in [6.07, 6.45) is 0.349. The van der Waals surface area contributed by atoms with Crippen LogP contribution < -0.4 is 5.56 Å². The van der Waals surface area contributed by atoms with Crippen molar-refractivity contribution in [1.82, 2.24) is 19.5 Å². The van der Waals surface area contributed by atoms with Gasteiger partial charge in [-0.1, -0.05) is 6.92 Å². The number of aliphatic hydroxyl groups is 1. The molecule has 2 N–H and O–H groups in total. The summed E-state index contributed by atoms with van der Waals surface area (Å²) in [5, 5.41) is 9.58. The first-order chi connectivity index (χ1) is 11.5. The smallest absolute Gasteiger partial charge is 0.303 e. The van der Waals surface area contributed by atoms with Crippen LogP contribution in [0.3, 0.4) is 0 Å². The van der Waals surface area contributed by atoms with Gasteiger partial charge in [-0.05, 0) is 13.3 Å². The normalized spacial score (nSPS) is 26.8. The molecule has 2 aromatic rings. The highest BCUT2D eigenvalue weighted by atomic mass is 16.6. The van der Waals surface area contributed by atoms with Gasteiger partial charge in [0.25, 0.3) is 5.56 Å². The standard InChI is InChI=1S/C15H20N4O5/c1-4-9-10(5-20)24-15(12(9)23-8(3)21)19-6-16-11-13(19)17-7(2)18-14(11)22/h6,9-10,12,15,20H,4-5H2,1-3H3,(H,17,18,22)/t9-,10-,12-,15-/m1/s1. The van der Waals surface area contributed by atoms with Crippen molar-refractivity contribution in [2.24, 2.45) is 5.92 Å². The summed E-state index contributed by atoms with van der Waals surface area (Å²) in [5.41, 5.74) is 0.196. The number of carbonyl (C=O) groups is 1. The molecule has 0 amide bonds. The van der Waals surface area contributed by atoms with Crippen LogP contribution in [-0.2, 0) is 14.3 Å². The number of carbonyl (C=O) groups excluding carboxylic acids is 1. The van der Waals surface area contributed by atoms with E-state index in [0.717, 1.165) is 0 Å². The summed E-state index contributed by atoms with van der Waals surface area (Å²) in [6, 6.07) is 0. The Morgan fingerprint density at radius 1 is 1.54 bits per heavy atom. The third-order valence-electron chi connectivity index (χ3n) is 4.27. The first-order valence-corrected chi connectivity index (χ1v) is 7.83. The molecule has 1 fully saturated rings. The Morgan fingerprint density at radius 2 is 2.29 bits per heavy atom. The molecule has 0 bridgehead atoms. The van der Waals surface area contributed by atoms with Crippen LogP contribution in [0.5, 0.6) is 0 Å². The van der Waals surface area contributed by atoms with E-state index in [2.05, 4.69) is 15.0 Å². The highest BCUT2D eigenvalue weighted by Crippen LogP contribution is 2.38. The van der Waals surface area contributed by atoms with Gasteiger partial charge in [0.05, 0.1) is 19.0 Å². The van der Waals surface area contributed by atoms with Crippen LogP contribution in [0.1, 0.15) is 32.3 Å². The van der Waals surface area contributed by atoms with Crippen molar-refractivity contribution in [3.63, 3.8) is 0 Å². The van der Waals surface area contributed by atoms with Crippen molar-refractivity contribution >= 4 is 17.1 Å². The van der Waals surface area contributed by atoms with E-state index in [4.69, 9.17) is 9.47 Å². The van der Waals surface area contributed by atoms with Crippen LogP contribution in [0.15, 0.2) is 11.1 Å². The van der Waals surface area contributed by atoms with Crippen LogP contribution in [0.2, 0.25) is 0 Å². The zero-order chi connectivity index (χ0) is 17.4. The Balaban J connectivity index is 2.09. The number of aliphatic hydroxyl groups excluding tert-OH is 1. The van der Waals surface area contributed by atoms with E-state index in [0.29, 0.717) is 17.9 Å². The number of nitrogens with zero attached hydrogens (tertiary/aromatic N) is 3. The molecule has 3 heterocycles. The zero-order valence-corrected chi connectivity index (χ0v) is 13.7. The predicted molar refractivity (Wildman–Crippen MR) is 83.2 cm³/mol. The van der Waals surface area contributed by atoms with Gasteiger partial charge in [0, 0.05) is 12.8 Å². The lowest BCUT2D eigenvalue weighted by Gasteiger charge is -2.23. The van der Waals surface area contributed by atoms with Crippen LogP contribution >= 0.6 is 0 Å². The van der Waals surface area contributed by atoms with Gasteiger partial charge in [-0.15, -0.1) is 0 Å². The minimum atomic E-state index is -0.699. The lowest BCUT2D eigenvalue weighted by Crippen LogP contribution is -2.31. The number of nitrogens with one attached hydrogen (secondary N) is 1. The van der Waals surface area contributed by atoms with E-state index < -0.39 is 24.4 Å². The summed E-state index contributed by atoms with van der Waals surface area (Å²) in [7, 11) is 0. The lowest BCUT2D eigenvalue weighted by molar-refractivity contribution is -0.153. The van der Waals surface area contributed by atoms with Crippen LogP contribution in [0.4, 0.5) is 0 Å². The highest BCUT2D eigenvalue weighted by Gasteiger charge is 2.47. The van der Waals surface area contributed by atoms with Crippen molar-refractivity contribution in [3.8, 4) is 0 Å². The molecule has 0 spiro atoms. The van der Waals surface area contributed by atoms with Crippen molar-refractivity contribution in [1.29, 1.82) is 0 Å². The number of hydrogen-bond donors (Lipinski definition) is 2. The first kappa shape index (κ1) is 16.6. The third-order valence-corrected chi connectivity index (χ3v) is 4.27. The summed E-state index contributed by atoms with van der Waals surface area (Å²) in [4.78, 5) is 34.5. The largest absolute Gasteiger partial charge is 0.457 e. The molecule has 0 aromatic carbocycles. The van der Waals surface area contributed by atoms with Gasteiger partial charge >= 0.3 is 5.97 Å². The minimum absolute atomic E-state index is 0.163. The highest BCUT2D eigenvalue weighted by molar-refractivity contribution is 5.69. The molecule has 0 radical (unpaired) electrons. The molecule has 3 rings (SSSR count). The number of esters is 1. The Hall–Kier alpha value is -2.26. The fraction of sp³-hybridized carbons (Fsp3) is 0.600. The van der Waals surface area contributed by atoms with Gasteiger partial charge in [0.1, 0.15) is 5.82 Å². The number of aromatic amines is 1. The average molecular weight is 336 g/mol. The molecule has 130 valence electrons. The van der Waals surface area contributed by atoms with Gasteiger partial charge in [0.2, 0.25) is 0 Å². The molecule has 9 heteroatoms. The predicted octanol–water partition coefficient (Wildman–Crippen LogP) is 0.276. The second kappa shape index (κ2) is 6.33. The molecule has 0 saturated carbocycles. The Kier molecular flexibility index (Phi) is 4.37. The number of fused-ring (bicyclic) bond motifs is 1. The van der Waals surface area contributed by atoms with Crippen molar-refractivity contribution < 1.29 is 19.4 Å². The number of hydrogen-bond acceptors (Lipinski definition) is 7. The molecule has 1 aliphatic heterocycles. The van der Waals surface area contributed by atoms with Gasteiger partial charge in [0.15, 0.2) is 23.5 Å². The molecule has 2 aromatic heterocycles. The Labute approximate surface area is 137 Å². The van der Waals surface area contributed by atoms with E-state index in [1.54, 1.807) is 11.5 Å². The van der Waals surface area contributed by atoms with Crippen molar-refractivity contribution in [2.75, 3.05) is 6.61 Å². The monoisotopic (exact) mass is 336 g/mol. The minimum Gasteiger partial charge on any atom is -0.457 e. The molecule has 0 aliphatic carbocycles. The number of aryl methyl sites for hydroxylation is 1. The Morgan fingerprint density at radius 3 is 2.92 bits per heavy atom. The maximum atomic E-state index is 12.0. The SMILES string of the molecule is CC[C@H]1[C@@H](OC(C)=O)[C@H](n2cnc3c(=O)[nH]c(C)nc32)O[C@@H]1CO. The summed E-state index contributed by atoms with van der Waals surface area (Å²) >= 11 is 0. The third kappa shape index (κ3) is 2.69. The fourth-order valence-electron chi connectivity index (χ4n) is 3.24. The molecular weight excluding hydrogens is 316 g/mol. The average Bonchev–Trinajstić information content (AvgIpc) is 3.07. The number of H-pyrrole nitrogens is 1. The van der Waals surface area contributed by atoms with E-state index in [9.17, 15) is 14.7 Å². The number of aromatic nitrogens is 4. The van der Waals surface area contributed by atoms with E-state index >= 15 is 0 Å². The maximum absolute atomic E-state index is 12.0. The zero-order valence-electron chi connectivity index (χ0n) is 13.7. The topological polar surface area (TPSA) is 119 Å². The van der Waals surface area contributed by atoms with Crippen LogP contribution in [-0.4, -0.2) is 49.4 Å². The molecule has 1 saturated heterocycles. The summed E-state index contributed by atoms with van der Waals surface area (Å²) in [5.74, 6) is -0.150. The maximum Gasteiger partial charge on any atom is 0.303 e. The first-order valence-electron chi connectivity index (χ1n) is 7.83. The van der Waals surface area contributed by atoms with Gasteiger partial charge in [-0.2, -0.15) is 0 Å². The van der Waals surface area contributed by atoms with Gasteiger partial charge < -0.3 is 19.6 Å². The molecule has 0 unspecified atom stereocenters. The van der Waals surface area contributed by atoms with E-state index in [1.165, 1.54) is 13.3 Å². The quantitative estimate of drug-likeness (QED) is 0.769. The van der Waals surface area contributed by atoms with Crippen LogP contribution in [0, 0.1) is 12.8 Å². The second-order valence-electron chi connectivity index (χ2n) is 5.87. The van der Waals surface area contributed by atoms with Crippen molar-refractivity contribution in [2.45, 2.75) is 45.6 Å². The second-order valence-corrected chi connectivity index (χ2v) is 5.87. The summed E-state index contributed by atoms with van der Waals surface area (Å²) < 4.78 is 12.9. The van der Waals surface area contributed by atoms with E-state index in [1.807, 2.05) is 6.92 Å². The van der Waals surface area contributed by atoms with Crippen LogP contribution in [0.25, 0.3) is 11.2 Å². The van der Waals surface area contributed by atoms with Gasteiger partial charge in [-0.25, -0.2) is 9.97 Å². The number of rotatable bonds is 4. The van der Waals surface area contributed by atoms with E-state index in [-0.39, 0.29) is 23.6 Å². The Bertz CT molecular complexity index is 814. The fourth-order valence-corrected chi connectivity index (χ4v) is 3.24. The molecule has 4 atom stereocenters. The number of ether oxygens (including phenoxy) is 2. The molecule has 24 heavy (non-hydrogen) atoms. The number of imidazole rings is 1. The lowest BCUT2D eigenvalue weighted by atomic mass is 9.95. The summed E-state index contributed by atoms with van der Waals surface area (Å²) in [6.45, 7) is 4.75. The molecular formula is C15H20N4O5. The molecule has 9 nitrogen and oxygen atoms in total.